The normalized spacial score (nSPS) is 9.29. The number of benzene rings is 5. The summed E-state index contributed by atoms with van der Waals surface area (Å²) in [5.41, 5.74) is 7.48. The summed E-state index contributed by atoms with van der Waals surface area (Å²) in [6.07, 6.45) is 12.8. The number of ketones is 1. The zero-order valence-electron chi connectivity index (χ0n) is 50.8. The second kappa shape index (κ2) is 48.4. The molecule has 2 N–H and O–H groups in total. The van der Waals surface area contributed by atoms with Crippen molar-refractivity contribution in [2.45, 2.75) is 13.8 Å². The number of non-ortho nitro benzene ring substituents is 4. The van der Waals surface area contributed by atoms with E-state index in [0.717, 1.165) is 21.8 Å². The van der Waals surface area contributed by atoms with E-state index >= 15 is 0 Å². The number of aliphatic hydroxyl groups is 1. The molecule has 0 amide bonds. The predicted octanol–water partition coefficient (Wildman–Crippen LogP) is 14.2. The number of hydrogen-bond acceptors (Lipinski definition) is 20. The molecule has 0 saturated carbocycles. The van der Waals surface area contributed by atoms with Gasteiger partial charge in [0.05, 0.1) is 16.8 Å². The number of rotatable bonds is 10. The molecule has 12 aromatic rings. The van der Waals surface area contributed by atoms with Crippen molar-refractivity contribution in [2.75, 3.05) is 0 Å². The number of carboxylic acids is 1. The Labute approximate surface area is 614 Å². The zero-order valence-corrected chi connectivity index (χ0v) is 60.4. The minimum absolute atomic E-state index is 0. The largest absolute Gasteiger partial charge is 3.00 e. The summed E-state index contributed by atoms with van der Waals surface area (Å²) in [6, 6.07) is 67.8. The average Bonchev–Trinajstić information content (AvgIpc) is 0.812. The van der Waals surface area contributed by atoms with E-state index in [1.807, 2.05) is 36.4 Å². The van der Waals surface area contributed by atoms with Crippen molar-refractivity contribution in [1.82, 2.24) is 34.9 Å². The number of carboxylic acid groups (broad SMARTS) is 1. The molecule has 0 bridgehead atoms. The van der Waals surface area contributed by atoms with E-state index in [9.17, 15) is 50.0 Å². The van der Waals surface area contributed by atoms with Gasteiger partial charge in [-0.1, -0.05) is 127 Å². The molecule has 7 aromatic heterocycles. The first-order chi connectivity index (χ1) is 45.5. The molecule has 0 unspecified atom stereocenters. The third-order valence-corrected chi connectivity index (χ3v) is 11.4. The number of aromatic carboxylic acids is 1. The molecule has 3 radical (unpaired) electrons. The molecular formula is C69H50Ir4N12O13-3. The number of carbonyl (C=O) groups is 2. The van der Waals surface area contributed by atoms with Crippen LogP contribution in [0.3, 0.4) is 0 Å². The summed E-state index contributed by atoms with van der Waals surface area (Å²) in [4.78, 5) is 97.1. The molecular weight excluding hydrogens is 1970 g/mol. The number of allylic oxidation sites excluding steroid dienone is 2. The Kier molecular flexibility index (Phi) is 42.8. The van der Waals surface area contributed by atoms with E-state index in [-0.39, 0.29) is 120 Å². The molecule has 7 heterocycles. The average molecular weight is 2020 g/mol. The molecule has 25 nitrogen and oxygen atoms in total. The van der Waals surface area contributed by atoms with E-state index in [2.05, 4.69) is 90.2 Å². The van der Waals surface area contributed by atoms with Gasteiger partial charge < -0.3 is 46.8 Å². The van der Waals surface area contributed by atoms with Gasteiger partial charge in [-0.05, 0) is 85.2 Å². The summed E-state index contributed by atoms with van der Waals surface area (Å²) in [7, 11) is 0. The first-order valence-corrected chi connectivity index (χ1v) is 26.8. The Morgan fingerprint density at radius 3 is 0.878 bits per heavy atom. The topological polar surface area (TPSA) is 378 Å². The molecule has 0 aliphatic carbocycles. The molecule has 98 heavy (non-hydrogen) atoms. The van der Waals surface area contributed by atoms with E-state index < -0.39 is 25.7 Å². The standard InChI is InChI=1S/C12H8N2.4C11H7N2O2.C6H5NO2.C5H8O2.CN.CHO.4Ir/c1-3-9-5-6-10-4-2-8-14-12(10)11(9)13-7-1;4*14-13(15)10-5-3-4-9(8-10)11-6-1-2-7-12-11;8-6(9)5-3-1-2-4-7-5;1-4(6)3-5(2)7;2*1-2;;;;/h1-8H;4*1-3,5-8H;1-4H,(H,8,9);3,6H,1-2H3;;1H;;;;/q;4*-1;;;2*-1;;;;+3. The van der Waals surface area contributed by atoms with Gasteiger partial charge in [-0.15, -0.1) is 70.8 Å². The summed E-state index contributed by atoms with van der Waals surface area (Å²) in [5.74, 6) is -1.05. The monoisotopic (exact) mass is 2030 g/mol. The Bertz CT molecular complexity index is 4040. The smallest absolute Gasteiger partial charge is 0.545 e. The first kappa shape index (κ1) is 86.7. The minimum atomic E-state index is -0.990. The molecule has 0 aliphatic heterocycles. The van der Waals surface area contributed by atoms with Gasteiger partial charge in [-0.25, -0.2) is 9.78 Å². The second-order valence-corrected chi connectivity index (χ2v) is 17.9. The number of aliphatic hydroxyl groups excluding tert-OH is 1. The maximum atomic E-state index is 10.6. The Morgan fingerprint density at radius 2 is 0.684 bits per heavy atom. The fraction of sp³-hybridized carbons (Fsp3) is 0.0290. The van der Waals surface area contributed by atoms with E-state index in [1.54, 1.807) is 97.8 Å². The van der Waals surface area contributed by atoms with Crippen LogP contribution in [0, 0.1) is 76.6 Å². The van der Waals surface area contributed by atoms with Gasteiger partial charge in [0.25, 0.3) is 0 Å². The summed E-state index contributed by atoms with van der Waals surface area (Å²) in [5, 5.41) is 67.4. The first-order valence-electron chi connectivity index (χ1n) is 26.8. The fourth-order valence-electron chi connectivity index (χ4n) is 7.42. The summed E-state index contributed by atoms with van der Waals surface area (Å²) >= 11 is 0. The van der Waals surface area contributed by atoms with Crippen molar-refractivity contribution < 1.29 is 125 Å². The van der Waals surface area contributed by atoms with Crippen LogP contribution in [0.1, 0.15) is 24.3 Å². The van der Waals surface area contributed by atoms with Gasteiger partial charge in [0.2, 0.25) is 0 Å². The number of nitro groups is 4. The van der Waals surface area contributed by atoms with Crippen molar-refractivity contribution in [3.8, 4) is 45.0 Å². The van der Waals surface area contributed by atoms with Crippen LogP contribution in [-0.4, -0.2) is 83.3 Å². The van der Waals surface area contributed by atoms with Crippen LogP contribution in [0.2, 0.25) is 0 Å². The molecule has 0 atom stereocenters. The third-order valence-electron chi connectivity index (χ3n) is 11.4. The molecule has 5 aromatic carbocycles. The van der Waals surface area contributed by atoms with Crippen molar-refractivity contribution in [2.24, 2.45) is 0 Å². The molecule has 0 saturated heterocycles. The number of nitrogens with zero attached hydrogens (tertiary/aromatic N) is 12. The molecule has 503 valence electrons. The van der Waals surface area contributed by atoms with Gasteiger partial charge in [-0.3, -0.25) is 62.0 Å². The van der Waals surface area contributed by atoms with Crippen LogP contribution < -0.4 is 0 Å². The predicted molar refractivity (Wildman–Crippen MR) is 348 cm³/mol. The van der Waals surface area contributed by atoms with Crippen LogP contribution in [0.4, 0.5) is 22.7 Å². The molecule has 0 fully saturated rings. The number of nitro benzene ring substituents is 4. The molecule has 29 heteroatoms. The zero-order chi connectivity index (χ0) is 68.6. The van der Waals surface area contributed by atoms with Crippen molar-refractivity contribution in [3.63, 3.8) is 0 Å². The van der Waals surface area contributed by atoms with Crippen LogP contribution in [0.25, 0.3) is 66.8 Å². The van der Waals surface area contributed by atoms with Gasteiger partial charge in [0.15, 0.2) is 28.5 Å². The summed E-state index contributed by atoms with van der Waals surface area (Å²) in [6.45, 7) is 10.8. The maximum Gasteiger partial charge on any atom is 3.00 e. The Morgan fingerprint density at radius 1 is 0.418 bits per heavy atom. The number of carbonyl (C=O) groups excluding carboxylic acids is 2. The molecule has 0 spiro atoms. The SMILES string of the molecule is CC(=O)C=C(C)O.O=C(O)c1ccccn1.O=[N+]([O-])c1cc[c-]c(-c2ccccn2)c1.O=[N+]([O-])c1cc[c-]c(-c2ccccn2)c1.O=[N+]([O-])c1cc[c-]c(-c2ccccn2)c1.O=[N+]([O-])c1cc[c-]c(-c2ccccn2)c1.[C-]#N.[CH-]=O.[Ir+3].[Ir].[Ir].[Ir].c1cnc2c(c1)ccc1cccnc12. The quantitative estimate of drug-likeness (QED) is 0.0244. The van der Waals surface area contributed by atoms with Crippen LogP contribution in [0.5, 0.6) is 0 Å². The fourth-order valence-corrected chi connectivity index (χ4v) is 7.42. The second-order valence-electron chi connectivity index (χ2n) is 17.9. The number of pyridine rings is 7. The van der Waals surface area contributed by atoms with Crippen LogP contribution in [0.15, 0.2) is 255 Å². The van der Waals surface area contributed by atoms with E-state index in [1.165, 1.54) is 105 Å². The van der Waals surface area contributed by atoms with E-state index in [0.29, 0.717) is 45.0 Å². The van der Waals surface area contributed by atoms with Crippen molar-refractivity contribution >= 4 is 63.1 Å². The maximum absolute atomic E-state index is 10.6. The molecule has 12 rings (SSSR count). The van der Waals surface area contributed by atoms with Crippen molar-refractivity contribution in [1.29, 1.82) is 5.26 Å². The number of fused-ring (bicyclic) bond motifs is 3. The van der Waals surface area contributed by atoms with Crippen LogP contribution in [-0.2, 0) is 90.0 Å². The number of hydrogen-bond donors (Lipinski definition) is 2. The van der Waals surface area contributed by atoms with Gasteiger partial charge >= 0.3 is 26.1 Å². The third kappa shape index (κ3) is 30.4. The molecule has 0 aliphatic rings. The van der Waals surface area contributed by atoms with Crippen molar-refractivity contribution in [3.05, 3.63) is 332 Å². The van der Waals surface area contributed by atoms with Gasteiger partial charge in [0.1, 0.15) is 5.69 Å². The van der Waals surface area contributed by atoms with Crippen LogP contribution >= 0.6 is 0 Å². The Balaban J connectivity index is 0.00000111. The van der Waals surface area contributed by atoms with Gasteiger partial charge in [-0.2, -0.15) is 0 Å². The summed E-state index contributed by atoms with van der Waals surface area (Å²) < 4.78 is 0. The number of aromatic nitrogens is 7. The Hall–Kier alpha value is -11.3. The van der Waals surface area contributed by atoms with E-state index in [4.69, 9.17) is 26.8 Å². The van der Waals surface area contributed by atoms with Gasteiger partial charge in [0, 0.05) is 140 Å². The minimum Gasteiger partial charge on any atom is -0.545 e.